The summed E-state index contributed by atoms with van der Waals surface area (Å²) in [6.45, 7) is 2.61. The van der Waals surface area contributed by atoms with Crippen LogP contribution in [0.15, 0.2) is 59.8 Å². The van der Waals surface area contributed by atoms with Crippen LogP contribution in [0.3, 0.4) is 0 Å². The van der Waals surface area contributed by atoms with Gasteiger partial charge in [-0.3, -0.25) is 9.59 Å². The van der Waals surface area contributed by atoms with Crippen molar-refractivity contribution < 1.29 is 9.53 Å². The van der Waals surface area contributed by atoms with Crippen LogP contribution < -0.4 is 15.6 Å². The van der Waals surface area contributed by atoms with Gasteiger partial charge in [0, 0.05) is 22.6 Å². The first-order valence-corrected chi connectivity index (χ1v) is 12.4. The zero-order valence-electron chi connectivity index (χ0n) is 20.1. The summed E-state index contributed by atoms with van der Waals surface area (Å²) in [6.07, 6.45) is 7.85. The van der Waals surface area contributed by atoms with E-state index in [1.807, 2.05) is 42.5 Å². The number of fused-ring (bicyclic) bond motifs is 4. The van der Waals surface area contributed by atoms with Crippen molar-refractivity contribution in [1.82, 2.24) is 25.5 Å². The Morgan fingerprint density at radius 2 is 2.03 bits per heavy atom. The molecule has 0 spiro atoms. The normalized spacial score (nSPS) is 20.1. The van der Waals surface area contributed by atoms with E-state index in [0.717, 1.165) is 60.0 Å². The van der Waals surface area contributed by atoms with E-state index in [2.05, 4.69) is 32.4 Å². The summed E-state index contributed by atoms with van der Waals surface area (Å²) in [7, 11) is 0. The van der Waals surface area contributed by atoms with Gasteiger partial charge in [-0.05, 0) is 54.9 Å². The molecular formula is C28H27N5O3. The Morgan fingerprint density at radius 3 is 2.86 bits per heavy atom. The van der Waals surface area contributed by atoms with Gasteiger partial charge in [-0.2, -0.15) is 5.10 Å². The second kappa shape index (κ2) is 8.86. The first-order valence-electron chi connectivity index (χ1n) is 12.4. The van der Waals surface area contributed by atoms with Crippen molar-refractivity contribution in [2.45, 2.75) is 51.7 Å². The van der Waals surface area contributed by atoms with Crippen molar-refractivity contribution in [1.29, 1.82) is 0 Å². The molecule has 8 nitrogen and oxygen atoms in total. The second-order valence-electron chi connectivity index (χ2n) is 9.87. The topological polar surface area (TPSA) is 110 Å². The van der Waals surface area contributed by atoms with E-state index in [9.17, 15) is 9.59 Å². The zero-order chi connectivity index (χ0) is 24.7. The van der Waals surface area contributed by atoms with Crippen LogP contribution in [0, 0.1) is 5.41 Å². The van der Waals surface area contributed by atoms with Gasteiger partial charge in [-0.1, -0.05) is 37.6 Å². The maximum Gasteiger partial charge on any atom is 0.272 e. The number of benzene rings is 2. The van der Waals surface area contributed by atoms with Crippen LogP contribution >= 0.6 is 0 Å². The van der Waals surface area contributed by atoms with Crippen molar-refractivity contribution in [3.05, 3.63) is 82.2 Å². The molecule has 36 heavy (non-hydrogen) atoms. The van der Waals surface area contributed by atoms with Crippen LogP contribution in [0.25, 0.3) is 22.0 Å². The molecule has 6 rings (SSSR count). The Balaban J connectivity index is 1.10. The highest BCUT2D eigenvalue weighted by molar-refractivity contribution is 5.95. The molecule has 0 atom stereocenters. The number of aryl methyl sites for hydroxylation is 1. The quantitative estimate of drug-likeness (QED) is 0.427. The zero-order valence-corrected chi connectivity index (χ0v) is 20.1. The summed E-state index contributed by atoms with van der Waals surface area (Å²) in [5, 5.41) is 11.8. The fraction of sp³-hybridized carbons (Fsp3) is 0.321. The molecule has 1 aliphatic carbocycles. The summed E-state index contributed by atoms with van der Waals surface area (Å²) >= 11 is 0. The summed E-state index contributed by atoms with van der Waals surface area (Å²) in [4.78, 5) is 33.4. The maximum atomic E-state index is 13.0. The molecule has 1 amide bonds. The SMILES string of the molecule is CCC1(CCc2n[nH]c(=O)c3ccccc23)CC(NC(=O)c2ccc3c(c2)COc2cncnc2-3)C1. The van der Waals surface area contributed by atoms with Gasteiger partial charge in [-0.25, -0.2) is 15.1 Å². The van der Waals surface area contributed by atoms with Gasteiger partial charge in [0.15, 0.2) is 5.75 Å². The first kappa shape index (κ1) is 22.4. The van der Waals surface area contributed by atoms with Crippen molar-refractivity contribution in [3.63, 3.8) is 0 Å². The molecular weight excluding hydrogens is 454 g/mol. The highest BCUT2D eigenvalue weighted by Crippen LogP contribution is 2.48. The Hall–Kier alpha value is -4.07. The van der Waals surface area contributed by atoms with Gasteiger partial charge in [0.05, 0.1) is 17.3 Å². The van der Waals surface area contributed by atoms with Gasteiger partial charge in [0.2, 0.25) is 0 Å². The molecule has 2 aromatic carbocycles. The fourth-order valence-corrected chi connectivity index (χ4v) is 5.64. The van der Waals surface area contributed by atoms with E-state index >= 15 is 0 Å². The van der Waals surface area contributed by atoms with Crippen LogP contribution in [-0.4, -0.2) is 32.1 Å². The molecule has 0 bridgehead atoms. The van der Waals surface area contributed by atoms with Crippen LogP contribution in [0.2, 0.25) is 0 Å². The van der Waals surface area contributed by atoms with Gasteiger partial charge in [0.1, 0.15) is 18.6 Å². The number of aromatic nitrogens is 4. The Kier molecular flexibility index (Phi) is 5.51. The molecule has 4 aromatic rings. The lowest BCUT2D eigenvalue weighted by molar-refractivity contribution is 0.0571. The van der Waals surface area contributed by atoms with Crippen molar-refractivity contribution in [2.24, 2.45) is 5.41 Å². The minimum atomic E-state index is -0.155. The lowest BCUT2D eigenvalue weighted by Gasteiger charge is -2.48. The monoisotopic (exact) mass is 481 g/mol. The number of nitrogens with zero attached hydrogens (tertiary/aromatic N) is 3. The van der Waals surface area contributed by atoms with E-state index < -0.39 is 0 Å². The average Bonchev–Trinajstić information content (AvgIpc) is 2.90. The molecule has 0 unspecified atom stereocenters. The number of aromatic amines is 1. The number of nitrogens with one attached hydrogen (secondary N) is 2. The molecule has 2 aliphatic rings. The van der Waals surface area contributed by atoms with E-state index in [-0.39, 0.29) is 22.9 Å². The fourth-order valence-electron chi connectivity index (χ4n) is 5.64. The second-order valence-corrected chi connectivity index (χ2v) is 9.87. The largest absolute Gasteiger partial charge is 0.485 e. The lowest BCUT2D eigenvalue weighted by Crippen LogP contribution is -2.50. The van der Waals surface area contributed by atoms with Crippen molar-refractivity contribution in [3.8, 4) is 17.0 Å². The summed E-state index contributed by atoms with van der Waals surface area (Å²) in [6, 6.07) is 13.5. The third-order valence-electron chi connectivity index (χ3n) is 7.80. The molecule has 2 N–H and O–H groups in total. The lowest BCUT2D eigenvalue weighted by atomic mass is 9.61. The summed E-state index contributed by atoms with van der Waals surface area (Å²) in [5.41, 5.74) is 4.26. The maximum absolute atomic E-state index is 13.0. The molecule has 8 heteroatoms. The molecule has 1 saturated carbocycles. The number of rotatable bonds is 6. The molecule has 2 aromatic heterocycles. The minimum absolute atomic E-state index is 0.0608. The number of amides is 1. The predicted octanol–water partition coefficient (Wildman–Crippen LogP) is 4.19. The van der Waals surface area contributed by atoms with Crippen LogP contribution in [0.5, 0.6) is 5.75 Å². The third-order valence-corrected chi connectivity index (χ3v) is 7.80. The Bertz CT molecular complexity index is 1520. The number of H-pyrrole nitrogens is 1. The predicted molar refractivity (Wildman–Crippen MR) is 136 cm³/mol. The average molecular weight is 482 g/mol. The summed E-state index contributed by atoms with van der Waals surface area (Å²) < 4.78 is 5.76. The molecule has 0 radical (unpaired) electrons. The van der Waals surface area contributed by atoms with E-state index in [1.165, 1.54) is 6.33 Å². The van der Waals surface area contributed by atoms with E-state index in [0.29, 0.717) is 23.3 Å². The molecule has 1 aliphatic heterocycles. The van der Waals surface area contributed by atoms with Gasteiger partial charge in [0.25, 0.3) is 11.5 Å². The highest BCUT2D eigenvalue weighted by atomic mass is 16.5. The Labute approximate surface area is 208 Å². The van der Waals surface area contributed by atoms with Gasteiger partial charge >= 0.3 is 0 Å². The number of carbonyl (C=O) groups is 1. The Morgan fingerprint density at radius 1 is 1.19 bits per heavy atom. The first-order chi connectivity index (χ1) is 17.5. The molecule has 3 heterocycles. The number of hydrogen-bond donors (Lipinski definition) is 2. The van der Waals surface area contributed by atoms with Crippen molar-refractivity contribution in [2.75, 3.05) is 0 Å². The molecule has 1 fully saturated rings. The molecule has 0 saturated heterocycles. The van der Waals surface area contributed by atoms with Crippen LogP contribution in [0.1, 0.15) is 54.2 Å². The standard InChI is InChI=1S/C28H27N5O3/c1-2-28(10-9-23-21-5-3-4-6-22(21)27(35)33-32-23)12-19(13-28)31-26(34)17-7-8-20-18(11-17)15-36-24-14-29-16-30-25(20)24/h3-8,11,14,16,19H,2,9-10,12-13,15H2,1H3,(H,31,34)(H,33,35). The molecule has 182 valence electrons. The van der Waals surface area contributed by atoms with Crippen LogP contribution in [0.4, 0.5) is 0 Å². The van der Waals surface area contributed by atoms with Crippen molar-refractivity contribution >= 4 is 16.7 Å². The summed E-state index contributed by atoms with van der Waals surface area (Å²) in [5.74, 6) is 0.604. The minimum Gasteiger partial charge on any atom is -0.485 e. The van der Waals surface area contributed by atoms with E-state index in [4.69, 9.17) is 4.74 Å². The number of carbonyl (C=O) groups excluding carboxylic acids is 1. The van der Waals surface area contributed by atoms with Crippen LogP contribution in [-0.2, 0) is 13.0 Å². The van der Waals surface area contributed by atoms with Gasteiger partial charge in [-0.15, -0.1) is 0 Å². The number of hydrogen-bond acceptors (Lipinski definition) is 6. The highest BCUT2D eigenvalue weighted by Gasteiger charge is 2.43. The number of ether oxygens (including phenoxy) is 1. The third kappa shape index (κ3) is 3.92. The smallest absolute Gasteiger partial charge is 0.272 e. The van der Waals surface area contributed by atoms with Gasteiger partial charge < -0.3 is 10.1 Å². The van der Waals surface area contributed by atoms with E-state index in [1.54, 1.807) is 6.20 Å².